The minimum Gasteiger partial charge on any atom is -0.390 e. The summed E-state index contributed by atoms with van der Waals surface area (Å²) in [5.41, 5.74) is 3.04. The van der Waals surface area contributed by atoms with Crippen molar-refractivity contribution in [1.29, 1.82) is 0 Å². The molecule has 1 aromatic rings. The standard InChI is InChI=1S/C21H31NO/c1-2-9-21(23)12-10-20(11-13-21)14-15-22(16-20)19-7-5-18(6-8-19)17-3-4-17/h5-8,17,23H,2-4,9-16H2,1H3. The average Bonchev–Trinajstić information content (AvgIpc) is 3.33. The highest BCUT2D eigenvalue weighted by Gasteiger charge is 2.45. The van der Waals surface area contributed by atoms with Crippen molar-refractivity contribution in [2.45, 2.75) is 76.2 Å². The minimum atomic E-state index is -0.362. The number of hydrogen-bond acceptors (Lipinski definition) is 2. The van der Waals surface area contributed by atoms with Crippen LogP contribution >= 0.6 is 0 Å². The fourth-order valence-electron chi connectivity index (χ4n) is 4.90. The van der Waals surface area contributed by atoms with Crippen molar-refractivity contribution in [2.24, 2.45) is 5.41 Å². The van der Waals surface area contributed by atoms with Crippen LogP contribution in [0.1, 0.15) is 76.2 Å². The molecule has 1 N–H and O–H groups in total. The van der Waals surface area contributed by atoms with E-state index in [9.17, 15) is 5.11 Å². The molecule has 126 valence electrons. The van der Waals surface area contributed by atoms with Gasteiger partial charge in [0.25, 0.3) is 0 Å². The molecule has 2 heteroatoms. The fraction of sp³-hybridized carbons (Fsp3) is 0.714. The zero-order valence-corrected chi connectivity index (χ0v) is 14.6. The van der Waals surface area contributed by atoms with E-state index < -0.39 is 0 Å². The maximum atomic E-state index is 10.7. The molecule has 0 bridgehead atoms. The number of anilines is 1. The first kappa shape index (κ1) is 15.5. The zero-order chi connectivity index (χ0) is 15.9. The lowest BCUT2D eigenvalue weighted by molar-refractivity contribution is -0.0357. The summed E-state index contributed by atoms with van der Waals surface area (Å²) >= 11 is 0. The summed E-state index contributed by atoms with van der Waals surface area (Å²) in [5.74, 6) is 0.851. The first-order valence-corrected chi connectivity index (χ1v) is 9.69. The van der Waals surface area contributed by atoms with Gasteiger partial charge in [0.15, 0.2) is 0 Å². The van der Waals surface area contributed by atoms with E-state index in [1.54, 1.807) is 0 Å². The molecule has 4 rings (SSSR count). The Morgan fingerprint density at radius 3 is 2.35 bits per heavy atom. The van der Waals surface area contributed by atoms with Crippen LogP contribution in [0.25, 0.3) is 0 Å². The van der Waals surface area contributed by atoms with Gasteiger partial charge in [-0.25, -0.2) is 0 Å². The molecule has 0 amide bonds. The highest BCUT2D eigenvalue weighted by molar-refractivity contribution is 5.50. The molecular weight excluding hydrogens is 282 g/mol. The predicted octanol–water partition coefficient (Wildman–Crippen LogP) is 4.87. The lowest BCUT2D eigenvalue weighted by Gasteiger charge is -2.42. The summed E-state index contributed by atoms with van der Waals surface area (Å²) in [5, 5.41) is 10.7. The van der Waals surface area contributed by atoms with E-state index in [0.29, 0.717) is 5.41 Å². The molecule has 3 aliphatic rings. The SMILES string of the molecule is CCCC1(O)CCC2(CCN(c3ccc(C4CC4)cc3)C2)CC1. The fourth-order valence-corrected chi connectivity index (χ4v) is 4.90. The van der Waals surface area contributed by atoms with Crippen molar-refractivity contribution in [3.63, 3.8) is 0 Å². The maximum absolute atomic E-state index is 10.7. The first-order chi connectivity index (χ1) is 11.1. The van der Waals surface area contributed by atoms with Crippen molar-refractivity contribution in [3.8, 4) is 0 Å². The van der Waals surface area contributed by atoms with Gasteiger partial charge in [0, 0.05) is 18.8 Å². The molecule has 0 radical (unpaired) electrons. The van der Waals surface area contributed by atoms with Crippen LogP contribution in [0.5, 0.6) is 0 Å². The van der Waals surface area contributed by atoms with Crippen LogP contribution in [-0.4, -0.2) is 23.8 Å². The second kappa shape index (κ2) is 5.81. The second-order valence-corrected chi connectivity index (χ2v) is 8.51. The Labute approximate surface area is 140 Å². The topological polar surface area (TPSA) is 23.5 Å². The van der Waals surface area contributed by atoms with Gasteiger partial charge in [-0.15, -0.1) is 0 Å². The van der Waals surface area contributed by atoms with Crippen molar-refractivity contribution >= 4 is 5.69 Å². The third-order valence-electron chi connectivity index (χ3n) is 6.70. The van der Waals surface area contributed by atoms with E-state index in [1.807, 2.05) is 0 Å². The Kier molecular flexibility index (Phi) is 3.91. The molecule has 2 aliphatic carbocycles. The Balaban J connectivity index is 1.39. The van der Waals surface area contributed by atoms with E-state index in [1.165, 1.54) is 56.4 Å². The molecular formula is C21H31NO. The molecule has 1 saturated heterocycles. The van der Waals surface area contributed by atoms with Crippen molar-refractivity contribution < 1.29 is 5.11 Å². The number of nitrogens with zero attached hydrogens (tertiary/aromatic N) is 1. The number of aliphatic hydroxyl groups is 1. The Morgan fingerprint density at radius 1 is 1.04 bits per heavy atom. The quantitative estimate of drug-likeness (QED) is 0.857. The van der Waals surface area contributed by atoms with Crippen molar-refractivity contribution in [1.82, 2.24) is 0 Å². The van der Waals surface area contributed by atoms with E-state index in [2.05, 4.69) is 36.1 Å². The van der Waals surface area contributed by atoms with Gasteiger partial charge in [-0.3, -0.25) is 0 Å². The van der Waals surface area contributed by atoms with Crippen LogP contribution in [0.15, 0.2) is 24.3 Å². The zero-order valence-electron chi connectivity index (χ0n) is 14.6. The summed E-state index contributed by atoms with van der Waals surface area (Å²) in [6.45, 7) is 4.57. The van der Waals surface area contributed by atoms with Crippen molar-refractivity contribution in [2.75, 3.05) is 18.0 Å². The maximum Gasteiger partial charge on any atom is 0.0648 e. The van der Waals surface area contributed by atoms with Gasteiger partial charge >= 0.3 is 0 Å². The van der Waals surface area contributed by atoms with Crippen LogP contribution < -0.4 is 4.90 Å². The summed E-state index contributed by atoms with van der Waals surface area (Å²) in [6, 6.07) is 9.36. The molecule has 0 unspecified atom stereocenters. The number of rotatable bonds is 4. The monoisotopic (exact) mass is 313 g/mol. The lowest BCUT2D eigenvalue weighted by Crippen LogP contribution is -2.40. The Hall–Kier alpha value is -1.02. The highest BCUT2D eigenvalue weighted by atomic mass is 16.3. The first-order valence-electron chi connectivity index (χ1n) is 9.69. The largest absolute Gasteiger partial charge is 0.390 e. The molecule has 2 saturated carbocycles. The number of hydrogen-bond donors (Lipinski definition) is 1. The normalized spacial score (nSPS) is 34.3. The van der Waals surface area contributed by atoms with Gasteiger partial charge in [0.05, 0.1) is 5.60 Å². The Morgan fingerprint density at radius 2 is 1.74 bits per heavy atom. The second-order valence-electron chi connectivity index (χ2n) is 8.51. The molecule has 0 aromatic heterocycles. The van der Waals surface area contributed by atoms with E-state index in [-0.39, 0.29) is 5.60 Å². The molecule has 1 spiro atoms. The van der Waals surface area contributed by atoms with Gasteiger partial charge < -0.3 is 10.0 Å². The average molecular weight is 313 g/mol. The van der Waals surface area contributed by atoms with E-state index in [4.69, 9.17) is 0 Å². The van der Waals surface area contributed by atoms with Crippen LogP contribution in [0.2, 0.25) is 0 Å². The molecule has 0 atom stereocenters. The van der Waals surface area contributed by atoms with Gasteiger partial charge in [-0.1, -0.05) is 25.5 Å². The minimum absolute atomic E-state index is 0.362. The highest BCUT2D eigenvalue weighted by Crippen LogP contribution is 2.49. The summed E-state index contributed by atoms with van der Waals surface area (Å²) in [4.78, 5) is 2.58. The third-order valence-corrected chi connectivity index (χ3v) is 6.70. The molecule has 3 fully saturated rings. The summed E-state index contributed by atoms with van der Waals surface area (Å²) in [6.07, 6.45) is 10.6. The van der Waals surface area contributed by atoms with E-state index in [0.717, 1.165) is 31.6 Å². The van der Waals surface area contributed by atoms with Crippen LogP contribution in [-0.2, 0) is 0 Å². The van der Waals surface area contributed by atoms with Gasteiger partial charge in [0.2, 0.25) is 0 Å². The molecule has 23 heavy (non-hydrogen) atoms. The Bertz CT molecular complexity index is 537. The molecule has 1 heterocycles. The third kappa shape index (κ3) is 3.15. The smallest absolute Gasteiger partial charge is 0.0648 e. The van der Waals surface area contributed by atoms with Gasteiger partial charge in [-0.05, 0) is 80.4 Å². The molecule has 2 nitrogen and oxygen atoms in total. The van der Waals surface area contributed by atoms with Gasteiger partial charge in [0.1, 0.15) is 0 Å². The summed E-state index contributed by atoms with van der Waals surface area (Å²) < 4.78 is 0. The molecule has 1 aliphatic heterocycles. The van der Waals surface area contributed by atoms with Crippen LogP contribution in [0.4, 0.5) is 5.69 Å². The summed E-state index contributed by atoms with van der Waals surface area (Å²) in [7, 11) is 0. The van der Waals surface area contributed by atoms with Crippen LogP contribution in [0.3, 0.4) is 0 Å². The molecule has 1 aromatic carbocycles. The van der Waals surface area contributed by atoms with Crippen LogP contribution in [0, 0.1) is 5.41 Å². The van der Waals surface area contributed by atoms with E-state index >= 15 is 0 Å². The van der Waals surface area contributed by atoms with Gasteiger partial charge in [-0.2, -0.15) is 0 Å². The number of benzene rings is 1. The lowest BCUT2D eigenvalue weighted by atomic mass is 9.67. The van der Waals surface area contributed by atoms with Crippen molar-refractivity contribution in [3.05, 3.63) is 29.8 Å². The predicted molar refractivity (Wildman–Crippen MR) is 96.0 cm³/mol.